The summed E-state index contributed by atoms with van der Waals surface area (Å²) in [7, 11) is 0. The minimum atomic E-state index is -0.820. The van der Waals surface area contributed by atoms with Crippen LogP contribution in [-0.2, 0) is 9.59 Å². The van der Waals surface area contributed by atoms with Gasteiger partial charge in [0.2, 0.25) is 5.91 Å². The van der Waals surface area contributed by atoms with E-state index in [1.165, 1.54) is 5.56 Å². The van der Waals surface area contributed by atoms with Crippen LogP contribution in [0.2, 0.25) is 0 Å². The number of carbonyl (C=O) groups is 3. The summed E-state index contributed by atoms with van der Waals surface area (Å²) in [6.07, 6.45) is 3.56. The molecule has 1 saturated carbocycles. The molecule has 1 aliphatic carbocycles. The molecular weight excluding hydrogens is 368 g/mol. The molecule has 3 rings (SSSR count). The van der Waals surface area contributed by atoms with Crippen LogP contribution in [0.3, 0.4) is 0 Å². The highest BCUT2D eigenvalue weighted by Crippen LogP contribution is 2.38. The summed E-state index contributed by atoms with van der Waals surface area (Å²) in [5.41, 5.74) is 1.48. The zero-order valence-electron chi connectivity index (χ0n) is 17.7. The van der Waals surface area contributed by atoms with Crippen LogP contribution >= 0.6 is 0 Å². The molecule has 0 aromatic heterocycles. The van der Waals surface area contributed by atoms with Gasteiger partial charge in [-0.15, -0.1) is 0 Å². The number of aryl methyl sites for hydroxylation is 1. The van der Waals surface area contributed by atoms with E-state index in [2.05, 4.69) is 47.6 Å². The first kappa shape index (κ1) is 21.1. The average Bonchev–Trinajstić information content (AvgIpc) is 2.92. The van der Waals surface area contributed by atoms with E-state index < -0.39 is 11.6 Å². The summed E-state index contributed by atoms with van der Waals surface area (Å²) in [6.45, 7) is 7.84. The quantitative estimate of drug-likeness (QED) is 0.689. The van der Waals surface area contributed by atoms with Crippen molar-refractivity contribution in [2.24, 2.45) is 5.92 Å². The number of urea groups is 1. The van der Waals surface area contributed by atoms with E-state index in [4.69, 9.17) is 0 Å². The van der Waals surface area contributed by atoms with Crippen molar-refractivity contribution in [3.05, 3.63) is 29.8 Å². The fraction of sp³-hybridized carbons (Fsp3) is 0.591. The lowest BCUT2D eigenvalue weighted by Crippen LogP contribution is -2.54. The average molecular weight is 401 g/mol. The van der Waals surface area contributed by atoms with E-state index in [1.54, 1.807) is 0 Å². The van der Waals surface area contributed by atoms with Crippen molar-refractivity contribution in [1.29, 1.82) is 0 Å². The zero-order chi connectivity index (χ0) is 21.0. The molecule has 158 valence electrons. The van der Waals surface area contributed by atoms with Crippen molar-refractivity contribution in [3.63, 3.8) is 0 Å². The number of nitrogens with zero attached hydrogens (tertiary/aromatic N) is 2. The number of rotatable bonds is 7. The number of imide groups is 1. The first-order chi connectivity index (χ1) is 13.9. The van der Waals surface area contributed by atoms with Crippen molar-refractivity contribution in [1.82, 2.24) is 15.5 Å². The SMILES string of the molecule is CCN(CCNC(=O)CN1C(=O)N[C@]2(CCCC[C@@H]2C)C1=O)c1cccc(C)c1. The van der Waals surface area contributed by atoms with Crippen LogP contribution in [0.4, 0.5) is 10.5 Å². The Morgan fingerprint density at radius 1 is 1.34 bits per heavy atom. The molecular formula is C22H32N4O3. The normalized spacial score (nSPS) is 24.0. The van der Waals surface area contributed by atoms with Crippen molar-refractivity contribution in [3.8, 4) is 0 Å². The van der Waals surface area contributed by atoms with Crippen LogP contribution in [0, 0.1) is 12.8 Å². The molecule has 4 amide bonds. The second kappa shape index (κ2) is 8.84. The molecule has 1 aromatic rings. The summed E-state index contributed by atoms with van der Waals surface area (Å²) in [5, 5.41) is 5.73. The maximum Gasteiger partial charge on any atom is 0.325 e. The number of likely N-dealkylation sites (N-methyl/N-ethyl adjacent to an activating group) is 1. The summed E-state index contributed by atoms with van der Waals surface area (Å²) in [4.78, 5) is 41.0. The van der Waals surface area contributed by atoms with Crippen molar-refractivity contribution in [2.45, 2.75) is 52.0 Å². The lowest BCUT2D eigenvalue weighted by atomic mass is 9.73. The number of amides is 4. The first-order valence-corrected chi connectivity index (χ1v) is 10.6. The number of hydrogen-bond acceptors (Lipinski definition) is 4. The summed E-state index contributed by atoms with van der Waals surface area (Å²) >= 11 is 0. The fourth-order valence-corrected chi connectivity index (χ4v) is 4.46. The molecule has 0 radical (unpaired) electrons. The van der Waals surface area contributed by atoms with Gasteiger partial charge in [-0.25, -0.2) is 4.79 Å². The number of anilines is 1. The molecule has 1 saturated heterocycles. The Labute approximate surface area is 172 Å². The van der Waals surface area contributed by atoms with Crippen LogP contribution in [0.25, 0.3) is 0 Å². The summed E-state index contributed by atoms with van der Waals surface area (Å²) < 4.78 is 0. The van der Waals surface area contributed by atoms with Crippen molar-refractivity contribution >= 4 is 23.5 Å². The van der Waals surface area contributed by atoms with E-state index in [1.807, 2.05) is 13.0 Å². The fourth-order valence-electron chi connectivity index (χ4n) is 4.46. The first-order valence-electron chi connectivity index (χ1n) is 10.6. The number of benzene rings is 1. The number of nitrogens with one attached hydrogen (secondary N) is 2. The van der Waals surface area contributed by atoms with Crippen LogP contribution in [0.1, 0.15) is 45.1 Å². The molecule has 0 unspecified atom stereocenters. The minimum Gasteiger partial charge on any atom is -0.370 e. The Hall–Kier alpha value is -2.57. The Kier molecular flexibility index (Phi) is 6.45. The molecule has 2 fully saturated rings. The highest BCUT2D eigenvalue weighted by atomic mass is 16.2. The maximum absolute atomic E-state index is 12.9. The largest absolute Gasteiger partial charge is 0.370 e. The Bertz CT molecular complexity index is 781. The standard InChI is InChI=1S/C22H32N4O3/c1-4-25(18-10-7-8-16(2)14-18)13-12-23-19(27)15-26-20(28)22(24-21(26)29)11-6-5-9-17(22)3/h7-8,10,14,17H,4-6,9,11-13,15H2,1-3H3,(H,23,27)(H,24,29)/t17-,22-/m0/s1. The summed E-state index contributed by atoms with van der Waals surface area (Å²) in [5.74, 6) is -0.470. The van der Waals surface area contributed by atoms with Crippen LogP contribution in [-0.4, -0.2) is 54.5 Å². The lowest BCUT2D eigenvalue weighted by Gasteiger charge is -2.36. The van der Waals surface area contributed by atoms with Gasteiger partial charge in [0, 0.05) is 25.3 Å². The third-order valence-electron chi connectivity index (χ3n) is 6.26. The monoisotopic (exact) mass is 400 g/mol. The number of carbonyl (C=O) groups excluding carboxylic acids is 3. The van der Waals surface area contributed by atoms with Crippen LogP contribution in [0.15, 0.2) is 24.3 Å². The smallest absolute Gasteiger partial charge is 0.325 e. The maximum atomic E-state index is 12.9. The van der Waals surface area contributed by atoms with Gasteiger partial charge in [-0.2, -0.15) is 0 Å². The predicted molar refractivity (Wildman–Crippen MR) is 113 cm³/mol. The van der Waals surface area contributed by atoms with Crippen LogP contribution < -0.4 is 15.5 Å². The highest BCUT2D eigenvalue weighted by Gasteiger charge is 2.55. The van der Waals surface area contributed by atoms with Gasteiger partial charge in [-0.3, -0.25) is 14.5 Å². The molecule has 7 nitrogen and oxygen atoms in total. The van der Waals surface area contributed by atoms with Gasteiger partial charge >= 0.3 is 6.03 Å². The van der Waals surface area contributed by atoms with Gasteiger partial charge in [0.05, 0.1) is 0 Å². The van der Waals surface area contributed by atoms with Crippen molar-refractivity contribution in [2.75, 3.05) is 31.1 Å². The molecule has 7 heteroatoms. The third kappa shape index (κ3) is 4.38. The molecule has 29 heavy (non-hydrogen) atoms. The molecule has 2 aliphatic rings. The number of hydrogen-bond donors (Lipinski definition) is 2. The summed E-state index contributed by atoms with van der Waals surface area (Å²) in [6, 6.07) is 7.79. The topological polar surface area (TPSA) is 81.8 Å². The molecule has 2 atom stereocenters. The van der Waals surface area contributed by atoms with Crippen LogP contribution in [0.5, 0.6) is 0 Å². The Morgan fingerprint density at radius 2 is 2.14 bits per heavy atom. The highest BCUT2D eigenvalue weighted by molar-refractivity contribution is 6.09. The van der Waals surface area contributed by atoms with Gasteiger partial charge in [0.1, 0.15) is 12.1 Å². The lowest BCUT2D eigenvalue weighted by molar-refractivity contribution is -0.137. The van der Waals surface area contributed by atoms with Gasteiger partial charge < -0.3 is 15.5 Å². The second-order valence-corrected chi connectivity index (χ2v) is 8.21. The molecule has 1 spiro atoms. The van der Waals surface area contributed by atoms with Gasteiger partial charge in [-0.1, -0.05) is 31.9 Å². The van der Waals surface area contributed by atoms with Gasteiger partial charge in [0.25, 0.3) is 5.91 Å². The van der Waals surface area contributed by atoms with E-state index in [9.17, 15) is 14.4 Å². The zero-order valence-corrected chi connectivity index (χ0v) is 17.7. The van der Waals surface area contributed by atoms with Crippen molar-refractivity contribution < 1.29 is 14.4 Å². The van der Waals surface area contributed by atoms with Gasteiger partial charge in [0.15, 0.2) is 0 Å². The molecule has 0 bridgehead atoms. The molecule has 1 aliphatic heterocycles. The second-order valence-electron chi connectivity index (χ2n) is 8.21. The van der Waals surface area contributed by atoms with E-state index in [-0.39, 0.29) is 24.3 Å². The third-order valence-corrected chi connectivity index (χ3v) is 6.26. The van der Waals surface area contributed by atoms with Gasteiger partial charge in [-0.05, 0) is 50.3 Å². The molecule has 1 heterocycles. The van der Waals surface area contributed by atoms with E-state index >= 15 is 0 Å². The van der Waals surface area contributed by atoms with E-state index in [0.717, 1.165) is 36.4 Å². The minimum absolute atomic E-state index is 0.0909. The molecule has 2 N–H and O–H groups in total. The Morgan fingerprint density at radius 3 is 2.83 bits per heavy atom. The molecule has 1 aromatic carbocycles. The van der Waals surface area contributed by atoms with E-state index in [0.29, 0.717) is 19.5 Å². The Balaban J connectivity index is 1.53. The predicted octanol–water partition coefficient (Wildman–Crippen LogP) is 2.44.